The van der Waals surface area contributed by atoms with Crippen LogP contribution in [0.4, 0.5) is 0 Å². The summed E-state index contributed by atoms with van der Waals surface area (Å²) in [4.78, 5) is 18.0. The zero-order chi connectivity index (χ0) is 27.6. The van der Waals surface area contributed by atoms with Gasteiger partial charge in [0.25, 0.3) is 0 Å². The molecule has 5 rings (SSSR count). The molecule has 0 amide bonds. The Bertz CT molecular complexity index is 1490. The summed E-state index contributed by atoms with van der Waals surface area (Å²) in [5.74, 6) is -1.14. The smallest absolute Gasteiger partial charge is 0.323 e. The third-order valence-electron chi connectivity index (χ3n) is 6.79. The number of carbonyl (C=O) groups is 1. The van der Waals surface area contributed by atoms with E-state index in [0.717, 1.165) is 16.7 Å². The van der Waals surface area contributed by atoms with Crippen LogP contribution in [-0.4, -0.2) is 17.0 Å². The number of nitrogens with zero attached hydrogens (tertiary/aromatic N) is 1. The molecule has 0 radical (unpaired) electrons. The molecule has 1 heterocycles. The van der Waals surface area contributed by atoms with Crippen LogP contribution >= 0.6 is 7.14 Å². The Morgan fingerprint density at radius 2 is 1.23 bits per heavy atom. The molecular weight excluding hydrogens is 515 g/mol. The van der Waals surface area contributed by atoms with E-state index >= 15 is 4.57 Å². The molecule has 2 atom stereocenters. The fourth-order valence-electron chi connectivity index (χ4n) is 4.77. The Labute approximate surface area is 235 Å². The van der Waals surface area contributed by atoms with E-state index in [1.165, 1.54) is 0 Å². The Balaban J connectivity index is 1.57. The summed E-state index contributed by atoms with van der Waals surface area (Å²) in [6.45, 7) is 0.152. The van der Waals surface area contributed by atoms with Crippen molar-refractivity contribution in [3.63, 3.8) is 0 Å². The van der Waals surface area contributed by atoms with Gasteiger partial charge in [-0.15, -0.1) is 0 Å². The number of nitrogens with one attached hydrogen (secondary N) is 1. The summed E-state index contributed by atoms with van der Waals surface area (Å²) in [5.41, 5.74) is 2.60. The van der Waals surface area contributed by atoms with Gasteiger partial charge in [0, 0.05) is 23.0 Å². The molecule has 1 aromatic heterocycles. The number of aromatic nitrogens is 1. The van der Waals surface area contributed by atoms with Crippen molar-refractivity contribution >= 4 is 23.7 Å². The molecule has 1 unspecified atom stereocenters. The molecule has 1 N–H and O–H groups in total. The predicted octanol–water partition coefficient (Wildman–Crippen LogP) is 6.04. The van der Waals surface area contributed by atoms with Gasteiger partial charge in [-0.3, -0.25) is 15.1 Å². The molecule has 6 heteroatoms. The van der Waals surface area contributed by atoms with Crippen molar-refractivity contribution in [3.05, 3.63) is 163 Å². The summed E-state index contributed by atoms with van der Waals surface area (Å²) in [6, 6.07) is 41.3. The molecule has 0 spiro atoms. The monoisotopic (exact) mass is 546 g/mol. The lowest BCUT2D eigenvalue weighted by Crippen LogP contribution is -2.44. The van der Waals surface area contributed by atoms with E-state index < -0.39 is 24.9 Å². The van der Waals surface area contributed by atoms with Gasteiger partial charge >= 0.3 is 5.97 Å². The van der Waals surface area contributed by atoms with Gasteiger partial charge < -0.3 is 9.30 Å². The van der Waals surface area contributed by atoms with Gasteiger partial charge in [0.05, 0.1) is 5.78 Å². The Hall–Kier alpha value is -4.31. The number of ether oxygens (including phenoxy) is 1. The van der Waals surface area contributed by atoms with Crippen LogP contribution in [0.15, 0.2) is 146 Å². The largest absolute Gasteiger partial charge is 0.460 e. The number of rotatable bonds is 11. The summed E-state index contributed by atoms with van der Waals surface area (Å²) in [6.07, 6.45) is 3.77. The van der Waals surface area contributed by atoms with Crippen molar-refractivity contribution in [2.75, 3.05) is 0 Å². The standard InChI is InChI=1S/C34H31N2O3P/c37-34(39-26-28-16-7-2-8-17-28)32(24-27-14-5-1-6-15-27)36-33(29-18-13-23-35-25-29)40(38,30-19-9-3-10-20-30)31-21-11-4-12-22-31/h1-23,25,32-33,36H,24,26H2/t32-,33?/m0/s1. The van der Waals surface area contributed by atoms with E-state index in [9.17, 15) is 4.79 Å². The van der Waals surface area contributed by atoms with Gasteiger partial charge in [0.1, 0.15) is 12.6 Å². The molecule has 5 aromatic rings. The second-order valence-electron chi connectivity index (χ2n) is 9.52. The van der Waals surface area contributed by atoms with Gasteiger partial charge in [-0.25, -0.2) is 0 Å². The maximum atomic E-state index is 15.5. The van der Waals surface area contributed by atoms with Crippen molar-refractivity contribution in [1.29, 1.82) is 0 Å². The van der Waals surface area contributed by atoms with E-state index in [4.69, 9.17) is 4.74 Å². The van der Waals surface area contributed by atoms with Gasteiger partial charge in [0.15, 0.2) is 7.14 Å². The van der Waals surface area contributed by atoms with Gasteiger partial charge in [0.2, 0.25) is 0 Å². The minimum atomic E-state index is -3.39. The zero-order valence-electron chi connectivity index (χ0n) is 22.0. The number of esters is 1. The van der Waals surface area contributed by atoms with E-state index in [-0.39, 0.29) is 6.61 Å². The first-order valence-electron chi connectivity index (χ1n) is 13.3. The maximum Gasteiger partial charge on any atom is 0.323 e. The number of carbonyl (C=O) groups excluding carboxylic acids is 1. The van der Waals surface area contributed by atoms with E-state index in [1.54, 1.807) is 12.4 Å². The van der Waals surface area contributed by atoms with Crippen molar-refractivity contribution in [1.82, 2.24) is 10.3 Å². The highest BCUT2D eigenvalue weighted by Gasteiger charge is 2.40. The molecular formula is C34H31N2O3P. The topological polar surface area (TPSA) is 68.3 Å². The Morgan fingerprint density at radius 1 is 0.700 bits per heavy atom. The van der Waals surface area contributed by atoms with Gasteiger partial charge in [-0.2, -0.15) is 0 Å². The molecule has 0 aliphatic rings. The lowest BCUT2D eigenvalue weighted by molar-refractivity contribution is -0.147. The highest BCUT2D eigenvalue weighted by atomic mass is 31.2. The van der Waals surface area contributed by atoms with Crippen molar-refractivity contribution < 1.29 is 14.1 Å². The fraction of sp³-hybridized carbons (Fsp3) is 0.118. The van der Waals surface area contributed by atoms with E-state index in [0.29, 0.717) is 17.0 Å². The van der Waals surface area contributed by atoms with Crippen LogP contribution in [0.1, 0.15) is 22.5 Å². The predicted molar refractivity (Wildman–Crippen MR) is 160 cm³/mol. The lowest BCUT2D eigenvalue weighted by atomic mass is 10.1. The molecule has 0 aliphatic carbocycles. The number of hydrogen-bond donors (Lipinski definition) is 1. The summed E-state index contributed by atoms with van der Waals surface area (Å²) in [5, 5.41) is 4.90. The Kier molecular flexibility index (Phi) is 8.97. The molecule has 40 heavy (non-hydrogen) atoms. The highest BCUT2D eigenvalue weighted by molar-refractivity contribution is 7.79. The van der Waals surface area contributed by atoms with Crippen LogP contribution in [0.25, 0.3) is 0 Å². The highest BCUT2D eigenvalue weighted by Crippen LogP contribution is 2.55. The number of hydrogen-bond acceptors (Lipinski definition) is 5. The summed E-state index contributed by atoms with van der Waals surface area (Å²) >= 11 is 0. The van der Waals surface area contributed by atoms with E-state index in [1.807, 2.05) is 133 Å². The third kappa shape index (κ3) is 6.45. The van der Waals surface area contributed by atoms with Crippen molar-refractivity contribution in [2.45, 2.75) is 24.9 Å². The van der Waals surface area contributed by atoms with Crippen LogP contribution in [0, 0.1) is 0 Å². The minimum Gasteiger partial charge on any atom is -0.460 e. The minimum absolute atomic E-state index is 0.152. The second kappa shape index (κ2) is 13.2. The molecule has 0 bridgehead atoms. The number of pyridine rings is 1. The zero-order valence-corrected chi connectivity index (χ0v) is 22.9. The molecule has 200 valence electrons. The second-order valence-corrected chi connectivity index (χ2v) is 12.4. The first-order valence-corrected chi connectivity index (χ1v) is 15.0. The van der Waals surface area contributed by atoms with Crippen LogP contribution in [0.3, 0.4) is 0 Å². The molecule has 0 fully saturated rings. The van der Waals surface area contributed by atoms with Crippen LogP contribution in [0.5, 0.6) is 0 Å². The van der Waals surface area contributed by atoms with Gasteiger partial charge in [-0.05, 0) is 29.2 Å². The van der Waals surface area contributed by atoms with E-state index in [2.05, 4.69) is 10.3 Å². The normalized spacial score (nSPS) is 12.8. The van der Waals surface area contributed by atoms with Crippen LogP contribution in [0.2, 0.25) is 0 Å². The fourth-order valence-corrected chi connectivity index (χ4v) is 7.86. The lowest BCUT2D eigenvalue weighted by Gasteiger charge is -2.32. The van der Waals surface area contributed by atoms with Crippen LogP contribution < -0.4 is 15.9 Å². The first kappa shape index (κ1) is 27.3. The van der Waals surface area contributed by atoms with Crippen molar-refractivity contribution in [3.8, 4) is 0 Å². The molecule has 4 aromatic carbocycles. The maximum absolute atomic E-state index is 15.5. The average molecular weight is 547 g/mol. The summed E-state index contributed by atoms with van der Waals surface area (Å²) in [7, 11) is -3.39. The first-order chi connectivity index (χ1) is 19.6. The number of benzene rings is 4. The van der Waals surface area contributed by atoms with Crippen molar-refractivity contribution in [2.24, 2.45) is 0 Å². The third-order valence-corrected chi connectivity index (χ3v) is 10.1. The molecule has 0 aliphatic heterocycles. The van der Waals surface area contributed by atoms with Gasteiger partial charge in [-0.1, -0.05) is 127 Å². The molecule has 0 saturated heterocycles. The molecule has 0 saturated carbocycles. The average Bonchev–Trinajstić information content (AvgIpc) is 3.03. The summed E-state index contributed by atoms with van der Waals surface area (Å²) < 4.78 is 21.3. The van der Waals surface area contributed by atoms with Crippen LogP contribution in [-0.2, 0) is 27.1 Å². The SMILES string of the molecule is O=C(OCc1ccccc1)[C@H](Cc1ccccc1)NC(c1cccnc1)P(=O)(c1ccccc1)c1ccccc1. The quantitative estimate of drug-likeness (QED) is 0.162. The Morgan fingerprint density at radius 3 is 1.75 bits per heavy atom. The molecule has 5 nitrogen and oxygen atoms in total.